The van der Waals surface area contributed by atoms with Gasteiger partial charge in [0.2, 0.25) is 0 Å². The topological polar surface area (TPSA) is 63.3 Å². The van der Waals surface area contributed by atoms with Crippen molar-refractivity contribution >= 4 is 17.1 Å². The van der Waals surface area contributed by atoms with Gasteiger partial charge in [0.25, 0.3) is 0 Å². The molecule has 4 heteroatoms. The lowest BCUT2D eigenvalue weighted by Crippen LogP contribution is -2.07. The van der Waals surface area contributed by atoms with Gasteiger partial charge in [0, 0.05) is 12.8 Å². The Morgan fingerprint density at radius 2 is 2.17 bits per heavy atom. The van der Waals surface area contributed by atoms with Crippen molar-refractivity contribution in [3.8, 4) is 0 Å². The molecule has 96 valence electrons. The van der Waals surface area contributed by atoms with Crippen molar-refractivity contribution < 1.29 is 14.3 Å². The fourth-order valence-corrected chi connectivity index (χ4v) is 2.18. The molecular weight excluding hydrogens is 230 g/mol. The number of aryl methyl sites for hydroxylation is 2. The second-order valence-corrected chi connectivity index (χ2v) is 4.94. The standard InChI is InChI=1S/C14H17NO3/c1-8-4-10(3)14-11(5-8)15-12(18-14)6-9(2)7-13(16)17/h4-5,9H,6-7H2,1-3H3,(H,16,17). The summed E-state index contributed by atoms with van der Waals surface area (Å²) in [6.45, 7) is 5.90. The summed E-state index contributed by atoms with van der Waals surface area (Å²) in [5.74, 6) is -0.143. The number of carboxylic acid groups (broad SMARTS) is 1. The van der Waals surface area contributed by atoms with E-state index in [0.717, 1.165) is 22.2 Å². The number of carboxylic acids is 1. The number of benzene rings is 1. The SMILES string of the molecule is Cc1cc(C)c2oc(CC(C)CC(=O)O)nc2c1. The van der Waals surface area contributed by atoms with E-state index in [0.29, 0.717) is 12.3 Å². The van der Waals surface area contributed by atoms with Gasteiger partial charge in [-0.1, -0.05) is 13.0 Å². The molecule has 1 unspecified atom stereocenters. The van der Waals surface area contributed by atoms with Crippen LogP contribution in [0.15, 0.2) is 16.5 Å². The summed E-state index contributed by atoms with van der Waals surface area (Å²) in [6.07, 6.45) is 0.691. The number of aromatic nitrogens is 1. The molecule has 0 saturated carbocycles. The molecule has 0 fully saturated rings. The van der Waals surface area contributed by atoms with Crippen LogP contribution < -0.4 is 0 Å². The van der Waals surface area contributed by atoms with Crippen LogP contribution in [0.3, 0.4) is 0 Å². The number of carbonyl (C=O) groups is 1. The zero-order valence-electron chi connectivity index (χ0n) is 10.9. The van der Waals surface area contributed by atoms with E-state index in [-0.39, 0.29) is 12.3 Å². The molecule has 0 aliphatic carbocycles. The molecule has 0 spiro atoms. The number of hydrogen-bond donors (Lipinski definition) is 1. The molecule has 0 bridgehead atoms. The minimum atomic E-state index is -0.786. The molecule has 0 saturated heterocycles. The van der Waals surface area contributed by atoms with Crippen LogP contribution in [0.2, 0.25) is 0 Å². The minimum absolute atomic E-state index is 0.0250. The Hall–Kier alpha value is -1.84. The fraction of sp³-hybridized carbons (Fsp3) is 0.429. The molecule has 4 nitrogen and oxygen atoms in total. The van der Waals surface area contributed by atoms with Crippen molar-refractivity contribution in [3.63, 3.8) is 0 Å². The van der Waals surface area contributed by atoms with Gasteiger partial charge in [-0.05, 0) is 37.0 Å². The Morgan fingerprint density at radius 1 is 1.44 bits per heavy atom. The lowest BCUT2D eigenvalue weighted by molar-refractivity contribution is -0.137. The zero-order chi connectivity index (χ0) is 13.3. The summed E-state index contributed by atoms with van der Waals surface area (Å²) in [5.41, 5.74) is 3.87. The van der Waals surface area contributed by atoms with E-state index in [4.69, 9.17) is 9.52 Å². The van der Waals surface area contributed by atoms with Gasteiger partial charge in [0.05, 0.1) is 0 Å². The minimum Gasteiger partial charge on any atom is -0.481 e. The van der Waals surface area contributed by atoms with Gasteiger partial charge in [0.15, 0.2) is 11.5 Å². The van der Waals surface area contributed by atoms with Crippen LogP contribution in [0.25, 0.3) is 11.1 Å². The Labute approximate surface area is 106 Å². The third-order valence-corrected chi connectivity index (χ3v) is 2.91. The second-order valence-electron chi connectivity index (χ2n) is 4.94. The van der Waals surface area contributed by atoms with Crippen molar-refractivity contribution in [1.82, 2.24) is 4.98 Å². The lowest BCUT2D eigenvalue weighted by Gasteiger charge is -2.03. The molecule has 1 heterocycles. The summed E-state index contributed by atoms with van der Waals surface area (Å²) >= 11 is 0. The van der Waals surface area contributed by atoms with Crippen molar-refractivity contribution in [1.29, 1.82) is 0 Å². The van der Waals surface area contributed by atoms with Crippen molar-refractivity contribution in [2.45, 2.75) is 33.6 Å². The lowest BCUT2D eigenvalue weighted by atomic mass is 10.0. The normalized spacial score (nSPS) is 12.8. The molecule has 2 rings (SSSR count). The molecule has 0 aliphatic heterocycles. The molecular formula is C14H17NO3. The zero-order valence-corrected chi connectivity index (χ0v) is 10.9. The van der Waals surface area contributed by atoms with Gasteiger partial charge in [-0.2, -0.15) is 0 Å². The number of nitrogens with zero attached hydrogens (tertiary/aromatic N) is 1. The molecule has 18 heavy (non-hydrogen) atoms. The maximum absolute atomic E-state index is 10.6. The Bertz CT molecular complexity index is 586. The number of rotatable bonds is 4. The Morgan fingerprint density at radius 3 is 2.83 bits per heavy atom. The van der Waals surface area contributed by atoms with Crippen LogP contribution in [0.5, 0.6) is 0 Å². The Kier molecular flexibility index (Phi) is 3.36. The molecule has 1 aromatic carbocycles. The number of aliphatic carboxylic acids is 1. The van der Waals surface area contributed by atoms with E-state index in [9.17, 15) is 4.79 Å². The van der Waals surface area contributed by atoms with Gasteiger partial charge in [0.1, 0.15) is 5.52 Å². The molecule has 1 aromatic heterocycles. The van der Waals surface area contributed by atoms with Crippen LogP contribution in [0.1, 0.15) is 30.4 Å². The quantitative estimate of drug-likeness (QED) is 0.901. The molecule has 1 N–H and O–H groups in total. The van der Waals surface area contributed by atoms with Crippen molar-refractivity contribution in [3.05, 3.63) is 29.2 Å². The summed E-state index contributed by atoms with van der Waals surface area (Å²) in [6, 6.07) is 4.04. The van der Waals surface area contributed by atoms with E-state index in [1.165, 1.54) is 0 Å². The molecule has 2 aromatic rings. The fourth-order valence-electron chi connectivity index (χ4n) is 2.18. The van der Waals surface area contributed by atoms with Crippen molar-refractivity contribution in [2.75, 3.05) is 0 Å². The highest BCUT2D eigenvalue weighted by atomic mass is 16.4. The van der Waals surface area contributed by atoms with Crippen LogP contribution in [-0.2, 0) is 11.2 Å². The van der Waals surface area contributed by atoms with E-state index in [2.05, 4.69) is 11.1 Å². The third-order valence-electron chi connectivity index (χ3n) is 2.91. The van der Waals surface area contributed by atoms with E-state index >= 15 is 0 Å². The average Bonchev–Trinajstić information content (AvgIpc) is 2.58. The highest BCUT2D eigenvalue weighted by Crippen LogP contribution is 2.23. The van der Waals surface area contributed by atoms with Crippen LogP contribution in [-0.4, -0.2) is 16.1 Å². The largest absolute Gasteiger partial charge is 0.481 e. The Balaban J connectivity index is 2.25. The molecule has 1 atom stereocenters. The van der Waals surface area contributed by atoms with Crippen LogP contribution >= 0.6 is 0 Å². The van der Waals surface area contributed by atoms with E-state index < -0.39 is 5.97 Å². The predicted octanol–water partition coefficient (Wildman–Crippen LogP) is 3.10. The molecule has 0 radical (unpaired) electrons. The first-order valence-corrected chi connectivity index (χ1v) is 6.04. The predicted molar refractivity (Wildman–Crippen MR) is 68.6 cm³/mol. The summed E-state index contributed by atoms with van der Waals surface area (Å²) in [4.78, 5) is 15.0. The first kappa shape index (κ1) is 12.6. The first-order valence-electron chi connectivity index (χ1n) is 6.04. The van der Waals surface area contributed by atoms with Gasteiger partial charge >= 0.3 is 5.97 Å². The van der Waals surface area contributed by atoms with Crippen molar-refractivity contribution in [2.24, 2.45) is 5.92 Å². The highest BCUT2D eigenvalue weighted by molar-refractivity contribution is 5.77. The van der Waals surface area contributed by atoms with E-state index in [1.54, 1.807) is 0 Å². The van der Waals surface area contributed by atoms with Gasteiger partial charge < -0.3 is 9.52 Å². The van der Waals surface area contributed by atoms with E-state index in [1.807, 2.05) is 26.8 Å². The van der Waals surface area contributed by atoms with Crippen LogP contribution in [0.4, 0.5) is 0 Å². The maximum Gasteiger partial charge on any atom is 0.303 e. The third kappa shape index (κ3) is 2.70. The second kappa shape index (κ2) is 4.80. The van der Waals surface area contributed by atoms with Crippen LogP contribution in [0, 0.1) is 19.8 Å². The van der Waals surface area contributed by atoms with Gasteiger partial charge in [-0.15, -0.1) is 0 Å². The summed E-state index contributed by atoms with van der Waals surface area (Å²) in [5, 5.41) is 8.73. The monoisotopic (exact) mass is 247 g/mol. The average molecular weight is 247 g/mol. The number of hydrogen-bond acceptors (Lipinski definition) is 3. The van der Waals surface area contributed by atoms with Gasteiger partial charge in [-0.25, -0.2) is 4.98 Å². The first-order chi connectivity index (χ1) is 8.45. The highest BCUT2D eigenvalue weighted by Gasteiger charge is 2.14. The number of oxazole rings is 1. The van der Waals surface area contributed by atoms with Gasteiger partial charge in [-0.3, -0.25) is 4.79 Å². The summed E-state index contributed by atoms with van der Waals surface area (Å²) < 4.78 is 5.70. The summed E-state index contributed by atoms with van der Waals surface area (Å²) in [7, 11) is 0. The molecule has 0 amide bonds. The number of fused-ring (bicyclic) bond motifs is 1. The molecule has 0 aliphatic rings. The maximum atomic E-state index is 10.6. The smallest absolute Gasteiger partial charge is 0.303 e.